The molecule has 0 unspecified atom stereocenters. The van der Waals surface area contributed by atoms with Gasteiger partial charge in [-0.1, -0.05) is 26.1 Å². The molecule has 1 heterocycles. The van der Waals surface area contributed by atoms with Gasteiger partial charge in [0.25, 0.3) is 5.91 Å². The number of ether oxygens (including phenoxy) is 1. The van der Waals surface area contributed by atoms with Crippen molar-refractivity contribution in [3.05, 3.63) is 28.5 Å². The van der Waals surface area contributed by atoms with Crippen molar-refractivity contribution < 1.29 is 14.3 Å². The second-order valence-corrected chi connectivity index (χ2v) is 4.54. The lowest BCUT2D eigenvalue weighted by Crippen LogP contribution is -2.45. The Balaban J connectivity index is 2.89. The number of amides is 1. The predicted octanol–water partition coefficient (Wildman–Crippen LogP) is 1.67. The van der Waals surface area contributed by atoms with E-state index in [4.69, 9.17) is 12.2 Å². The van der Waals surface area contributed by atoms with Gasteiger partial charge < -0.3 is 15.0 Å². The van der Waals surface area contributed by atoms with Crippen molar-refractivity contribution in [2.24, 2.45) is 5.92 Å². The first kappa shape index (κ1) is 14.4. The van der Waals surface area contributed by atoms with Crippen LogP contribution in [0.4, 0.5) is 0 Å². The van der Waals surface area contributed by atoms with Crippen LogP contribution >= 0.6 is 12.2 Å². The van der Waals surface area contributed by atoms with E-state index in [2.05, 4.69) is 15.0 Å². The third kappa shape index (κ3) is 3.40. The minimum absolute atomic E-state index is 0.0670. The van der Waals surface area contributed by atoms with Crippen molar-refractivity contribution in [1.29, 1.82) is 0 Å². The van der Waals surface area contributed by atoms with Gasteiger partial charge in [-0.15, -0.1) is 0 Å². The zero-order valence-corrected chi connectivity index (χ0v) is 11.3. The topological polar surface area (TPSA) is 71.2 Å². The van der Waals surface area contributed by atoms with Crippen molar-refractivity contribution in [2.45, 2.75) is 19.9 Å². The molecule has 0 aliphatic rings. The van der Waals surface area contributed by atoms with Gasteiger partial charge in [0.05, 0.1) is 12.7 Å². The molecule has 0 saturated carbocycles. The number of aromatic amines is 1. The normalized spacial score (nSPS) is 12.0. The Kier molecular flexibility index (Phi) is 5.03. The van der Waals surface area contributed by atoms with Crippen LogP contribution in [0.2, 0.25) is 0 Å². The van der Waals surface area contributed by atoms with Crippen LogP contribution < -0.4 is 5.32 Å². The molecule has 1 aromatic heterocycles. The number of nitrogens with one attached hydrogen (secondary N) is 2. The Morgan fingerprint density at radius 1 is 1.44 bits per heavy atom. The van der Waals surface area contributed by atoms with Gasteiger partial charge in [0.2, 0.25) is 0 Å². The molecule has 0 bridgehead atoms. The third-order valence-corrected chi connectivity index (χ3v) is 2.81. The van der Waals surface area contributed by atoms with E-state index in [1.54, 1.807) is 18.3 Å². The summed E-state index contributed by atoms with van der Waals surface area (Å²) in [4.78, 5) is 26.3. The number of methoxy groups -OCH3 is 1. The number of H-pyrrole nitrogens is 1. The highest BCUT2D eigenvalue weighted by molar-refractivity contribution is 7.71. The van der Waals surface area contributed by atoms with E-state index in [0.717, 1.165) is 0 Å². The summed E-state index contributed by atoms with van der Waals surface area (Å²) in [5, 5.41) is 2.62. The van der Waals surface area contributed by atoms with Crippen LogP contribution in [0.25, 0.3) is 0 Å². The molecule has 0 spiro atoms. The lowest BCUT2D eigenvalue weighted by atomic mass is 10.0. The molecule has 98 valence electrons. The van der Waals surface area contributed by atoms with Gasteiger partial charge in [0, 0.05) is 6.20 Å². The van der Waals surface area contributed by atoms with Gasteiger partial charge in [-0.05, 0) is 18.1 Å². The Hall–Kier alpha value is -1.69. The van der Waals surface area contributed by atoms with Gasteiger partial charge in [-0.2, -0.15) is 0 Å². The first-order valence-electron chi connectivity index (χ1n) is 5.53. The van der Waals surface area contributed by atoms with Crippen LogP contribution in [0.5, 0.6) is 0 Å². The van der Waals surface area contributed by atoms with Crippen LogP contribution in [0, 0.1) is 10.6 Å². The highest BCUT2D eigenvalue weighted by atomic mass is 32.1. The van der Waals surface area contributed by atoms with E-state index in [1.807, 2.05) is 13.8 Å². The number of hydrogen-bond acceptors (Lipinski definition) is 4. The van der Waals surface area contributed by atoms with Crippen molar-refractivity contribution >= 4 is 24.1 Å². The second-order valence-electron chi connectivity index (χ2n) is 4.13. The van der Waals surface area contributed by atoms with E-state index in [-0.39, 0.29) is 11.8 Å². The van der Waals surface area contributed by atoms with E-state index in [9.17, 15) is 9.59 Å². The van der Waals surface area contributed by atoms with Crippen molar-refractivity contribution in [1.82, 2.24) is 10.3 Å². The number of hydrogen-bond donors (Lipinski definition) is 2. The van der Waals surface area contributed by atoms with Crippen molar-refractivity contribution in [2.75, 3.05) is 7.11 Å². The van der Waals surface area contributed by atoms with Crippen molar-refractivity contribution in [3.63, 3.8) is 0 Å². The molecule has 1 amide bonds. The zero-order valence-electron chi connectivity index (χ0n) is 10.5. The van der Waals surface area contributed by atoms with E-state index in [1.165, 1.54) is 7.11 Å². The van der Waals surface area contributed by atoms with Crippen LogP contribution in [0.3, 0.4) is 0 Å². The molecule has 0 aliphatic carbocycles. The lowest BCUT2D eigenvalue weighted by Gasteiger charge is -2.19. The Labute approximate surface area is 111 Å². The number of esters is 1. The summed E-state index contributed by atoms with van der Waals surface area (Å²) in [6, 6.07) is 2.59. The van der Waals surface area contributed by atoms with Crippen LogP contribution in [0.15, 0.2) is 18.3 Å². The summed E-state index contributed by atoms with van der Waals surface area (Å²) < 4.78 is 4.99. The first-order valence-corrected chi connectivity index (χ1v) is 5.94. The molecule has 0 radical (unpaired) electrons. The number of carbonyl (C=O) groups excluding carboxylic acids is 2. The molecule has 6 heteroatoms. The molecule has 1 rings (SSSR count). The summed E-state index contributed by atoms with van der Waals surface area (Å²) in [5.41, 5.74) is 0.335. The average molecular weight is 268 g/mol. The minimum Gasteiger partial charge on any atom is -0.467 e. The molecule has 5 nitrogen and oxygen atoms in total. The molecule has 0 aliphatic heterocycles. The SMILES string of the molecule is COC(=O)[C@@H](NC(=O)c1ccc[nH]c1=S)C(C)C. The lowest BCUT2D eigenvalue weighted by molar-refractivity contribution is -0.144. The zero-order chi connectivity index (χ0) is 13.7. The maximum atomic E-state index is 12.0. The number of aromatic nitrogens is 1. The fraction of sp³-hybridized carbons (Fsp3) is 0.417. The van der Waals surface area contributed by atoms with E-state index >= 15 is 0 Å². The van der Waals surface area contributed by atoms with E-state index in [0.29, 0.717) is 10.2 Å². The Bertz CT molecular complexity index is 496. The van der Waals surface area contributed by atoms with Gasteiger partial charge in [-0.3, -0.25) is 4.79 Å². The minimum atomic E-state index is -0.683. The highest BCUT2D eigenvalue weighted by Gasteiger charge is 2.25. The molecular formula is C12H16N2O3S. The summed E-state index contributed by atoms with van der Waals surface area (Å²) in [6.45, 7) is 3.65. The summed E-state index contributed by atoms with van der Waals surface area (Å²) in [7, 11) is 1.29. The molecule has 0 saturated heterocycles. The Morgan fingerprint density at radius 3 is 2.61 bits per heavy atom. The van der Waals surface area contributed by atoms with Crippen LogP contribution in [-0.4, -0.2) is 30.0 Å². The van der Waals surface area contributed by atoms with E-state index < -0.39 is 12.0 Å². The van der Waals surface area contributed by atoms with Crippen LogP contribution in [-0.2, 0) is 9.53 Å². The highest BCUT2D eigenvalue weighted by Crippen LogP contribution is 2.06. The quantitative estimate of drug-likeness (QED) is 0.643. The number of rotatable bonds is 4. The molecule has 0 aromatic carbocycles. The van der Waals surface area contributed by atoms with Crippen LogP contribution in [0.1, 0.15) is 24.2 Å². The Morgan fingerprint density at radius 2 is 2.11 bits per heavy atom. The molecule has 0 fully saturated rings. The van der Waals surface area contributed by atoms with Gasteiger partial charge in [0.1, 0.15) is 10.7 Å². The summed E-state index contributed by atoms with van der Waals surface area (Å²) in [6.07, 6.45) is 1.64. The standard InChI is InChI=1S/C12H16N2O3S/c1-7(2)9(12(16)17-3)14-10(15)8-5-4-6-13-11(8)18/h4-7,9H,1-3H3,(H,13,18)(H,14,15)/t9-/m0/s1. The first-order chi connectivity index (χ1) is 8.47. The van der Waals surface area contributed by atoms with Gasteiger partial charge in [0.15, 0.2) is 0 Å². The number of pyridine rings is 1. The predicted molar refractivity (Wildman–Crippen MR) is 69.7 cm³/mol. The fourth-order valence-corrected chi connectivity index (χ4v) is 1.67. The molecular weight excluding hydrogens is 252 g/mol. The molecule has 2 N–H and O–H groups in total. The van der Waals surface area contributed by atoms with Gasteiger partial charge in [-0.25, -0.2) is 4.79 Å². The largest absolute Gasteiger partial charge is 0.467 e. The average Bonchev–Trinajstić information content (AvgIpc) is 2.35. The molecule has 1 atom stereocenters. The maximum absolute atomic E-state index is 12.0. The smallest absolute Gasteiger partial charge is 0.328 e. The monoisotopic (exact) mass is 268 g/mol. The fourth-order valence-electron chi connectivity index (χ4n) is 1.44. The summed E-state index contributed by atoms with van der Waals surface area (Å²) >= 11 is 5.01. The van der Waals surface area contributed by atoms with Gasteiger partial charge >= 0.3 is 5.97 Å². The summed E-state index contributed by atoms with van der Waals surface area (Å²) in [5.74, 6) is -0.923. The maximum Gasteiger partial charge on any atom is 0.328 e. The molecule has 18 heavy (non-hydrogen) atoms. The molecule has 1 aromatic rings. The third-order valence-electron chi connectivity index (χ3n) is 2.47. The van der Waals surface area contributed by atoms with Crippen molar-refractivity contribution in [3.8, 4) is 0 Å². The number of carbonyl (C=O) groups is 2. The second kappa shape index (κ2) is 6.30.